The van der Waals surface area contributed by atoms with Gasteiger partial charge in [-0.05, 0) is 47.9 Å². The molecule has 2 bridgehead atoms. The minimum Gasteiger partial charge on any atom is -0.169 e. The molecule has 3 aliphatic carbocycles. The average molecular weight is 370 g/mol. The first-order valence-corrected chi connectivity index (χ1v) is 9.50. The van der Waals surface area contributed by atoms with Crippen molar-refractivity contribution < 1.29 is 0 Å². The summed E-state index contributed by atoms with van der Waals surface area (Å²) in [5.74, 6) is 3.67. The van der Waals surface area contributed by atoms with Gasteiger partial charge in [-0.15, -0.1) is 31.5 Å². The molecule has 4 atom stereocenters. The monoisotopic (exact) mass is 368 g/mol. The first-order valence-electron chi connectivity index (χ1n) is 6.04. The van der Waals surface area contributed by atoms with Crippen LogP contribution in [0.2, 0.25) is 5.82 Å². The van der Waals surface area contributed by atoms with Crippen LogP contribution in [0.15, 0.2) is 0 Å². The van der Waals surface area contributed by atoms with Crippen molar-refractivity contribution in [3.63, 3.8) is 0 Å². The fourth-order valence-corrected chi connectivity index (χ4v) is 4.92. The van der Waals surface area contributed by atoms with E-state index < -0.39 is 0 Å². The van der Waals surface area contributed by atoms with Crippen LogP contribution in [0.5, 0.6) is 0 Å². The van der Waals surface area contributed by atoms with E-state index in [1.54, 1.807) is 11.8 Å². The molecular weight excluding hydrogens is 347 g/mol. The molecule has 4 heteroatoms. The molecule has 94 valence electrons. The Labute approximate surface area is 122 Å². The number of hydrogen-bond donors (Lipinski definition) is 0. The Kier molecular flexibility index (Phi) is 5.80. The molecule has 0 N–H and O–H groups in total. The second kappa shape index (κ2) is 6.01. The van der Waals surface area contributed by atoms with Crippen LogP contribution in [-0.4, -0.2) is 16.9 Å². The van der Waals surface area contributed by atoms with Crippen molar-refractivity contribution in [2.75, 3.05) is 12.5 Å². The van der Waals surface area contributed by atoms with Gasteiger partial charge in [0.25, 0.3) is 0 Å². The summed E-state index contributed by atoms with van der Waals surface area (Å²) in [5.41, 5.74) is 0.630. The van der Waals surface area contributed by atoms with Crippen LogP contribution in [0.4, 0.5) is 0 Å². The van der Waals surface area contributed by atoms with Crippen molar-refractivity contribution in [3.8, 4) is 0 Å². The van der Waals surface area contributed by atoms with E-state index >= 15 is 0 Å². The molecule has 0 aromatic heterocycles. The van der Waals surface area contributed by atoms with E-state index in [9.17, 15) is 0 Å². The van der Waals surface area contributed by atoms with E-state index in [-0.39, 0.29) is 0 Å². The zero-order valence-electron chi connectivity index (χ0n) is 11.0. The molecule has 3 aliphatic rings. The molecule has 3 fully saturated rings. The molecule has 0 aliphatic heterocycles. The molecule has 0 aromatic rings. The second-order valence-corrected chi connectivity index (χ2v) is 9.88. The van der Waals surface area contributed by atoms with Crippen LogP contribution in [0.3, 0.4) is 0 Å². The molecule has 0 spiro atoms. The number of fused-ring (bicyclic) bond motifs is 2. The number of hydrogen-bond acceptors (Lipinski definition) is 1. The molecule has 0 amide bonds. The Bertz CT molecular complexity index is 231. The van der Waals surface area contributed by atoms with Crippen LogP contribution >= 0.6 is 43.3 Å². The maximum Gasteiger partial charge on any atom is 0.301 e. The van der Waals surface area contributed by atoms with Crippen molar-refractivity contribution in [2.45, 2.75) is 39.4 Å². The van der Waals surface area contributed by atoms with Gasteiger partial charge in [0, 0.05) is 0 Å². The number of halogens is 2. The largest absolute Gasteiger partial charge is 0.301 e. The highest BCUT2D eigenvalue weighted by molar-refractivity contribution is 9.49. The minimum absolute atomic E-state index is 0.524. The van der Waals surface area contributed by atoms with Crippen molar-refractivity contribution in [3.05, 3.63) is 0 Å². The van der Waals surface area contributed by atoms with E-state index in [0.717, 1.165) is 23.6 Å². The molecule has 16 heavy (non-hydrogen) atoms. The minimum atomic E-state index is 0.524. The molecule has 3 saturated carbocycles. The summed E-state index contributed by atoms with van der Waals surface area (Å²) in [7, 11) is 0. The fourth-order valence-electron chi connectivity index (χ4n) is 3.52. The van der Waals surface area contributed by atoms with Gasteiger partial charge in [-0.25, -0.2) is 0 Å². The quantitative estimate of drug-likeness (QED) is 0.564. The van der Waals surface area contributed by atoms with Crippen LogP contribution < -0.4 is 0 Å². The molecule has 0 unspecified atom stereocenters. The molecule has 0 radical (unpaired) electrons. The Hall–Kier alpha value is 1.37. The first kappa shape index (κ1) is 15.4. The van der Waals surface area contributed by atoms with Gasteiger partial charge in [0.05, 0.1) is 0 Å². The summed E-state index contributed by atoms with van der Waals surface area (Å²) in [6, 6.07) is 0. The smallest absolute Gasteiger partial charge is 0.169 e. The maximum atomic E-state index is 3.68. The zero-order valence-corrected chi connectivity index (χ0v) is 15.0. The normalized spacial score (nSPS) is 39.2. The van der Waals surface area contributed by atoms with E-state index in [4.69, 9.17) is 0 Å². The van der Waals surface area contributed by atoms with Gasteiger partial charge in [-0.2, -0.15) is 11.8 Å². The topological polar surface area (TPSA) is 0 Å². The highest BCUT2D eigenvalue weighted by Crippen LogP contribution is 2.65. The summed E-state index contributed by atoms with van der Waals surface area (Å²) in [6.07, 6.45) is 6.98. The summed E-state index contributed by atoms with van der Waals surface area (Å²) < 4.78 is 0.524. The van der Waals surface area contributed by atoms with Gasteiger partial charge in [-0.3, -0.25) is 0 Å². The highest BCUT2D eigenvalue weighted by Gasteiger charge is 2.57. The van der Waals surface area contributed by atoms with Gasteiger partial charge < -0.3 is 0 Å². The first-order chi connectivity index (χ1) is 7.36. The molecule has 0 saturated heterocycles. The molecule has 0 nitrogen and oxygen atoms in total. The van der Waals surface area contributed by atoms with Crippen molar-refractivity contribution in [1.29, 1.82) is 0 Å². The predicted octanol–water partition coefficient (Wildman–Crippen LogP) is 5.32. The lowest BCUT2D eigenvalue weighted by Gasteiger charge is -2.62. The predicted molar refractivity (Wildman–Crippen MR) is 86.0 cm³/mol. The Balaban J connectivity index is 0.000000386. The van der Waals surface area contributed by atoms with Crippen molar-refractivity contribution in [2.24, 2.45) is 23.2 Å². The second-order valence-electron chi connectivity index (χ2n) is 5.86. The SMILES string of the molecule is CSC.C[C@@H]1[C@H]2C[C@@H](C[C@H]1B(Br)Br)C2(C)C. The third kappa shape index (κ3) is 2.85. The maximum absolute atomic E-state index is 3.68. The Morgan fingerprint density at radius 2 is 1.69 bits per heavy atom. The van der Waals surface area contributed by atoms with Crippen LogP contribution in [0, 0.1) is 23.2 Å². The van der Waals surface area contributed by atoms with Gasteiger partial charge in [0.2, 0.25) is 0 Å². The molecule has 0 aromatic carbocycles. The summed E-state index contributed by atoms with van der Waals surface area (Å²) >= 11 is 9.11. The number of rotatable bonds is 1. The summed E-state index contributed by atoms with van der Waals surface area (Å²) in [5, 5.41) is 0. The van der Waals surface area contributed by atoms with E-state index in [0.29, 0.717) is 9.78 Å². The van der Waals surface area contributed by atoms with Gasteiger partial charge >= 0.3 is 4.36 Å². The van der Waals surface area contributed by atoms with Gasteiger partial charge in [0.15, 0.2) is 0 Å². The average Bonchev–Trinajstić information content (AvgIpc) is 2.17. The fraction of sp³-hybridized carbons (Fsp3) is 1.00. The standard InChI is InChI=1S/C10H17BBr2.C2H6S/c1-6-8-4-7(10(8,2)3)5-9(6)11(12)13;1-3-2/h6-9H,4-5H2,1-3H3;1-2H3/t6-,7+,8-,9-;/m1./s1. The lowest BCUT2D eigenvalue weighted by molar-refractivity contribution is -0.0982. The third-order valence-corrected chi connectivity index (χ3v) is 6.09. The lowest BCUT2D eigenvalue weighted by Crippen LogP contribution is -2.54. The van der Waals surface area contributed by atoms with E-state index in [1.165, 1.54) is 12.8 Å². The molecule has 0 heterocycles. The van der Waals surface area contributed by atoms with Crippen LogP contribution in [0.1, 0.15) is 33.6 Å². The third-order valence-electron chi connectivity index (χ3n) is 4.74. The van der Waals surface area contributed by atoms with Crippen molar-refractivity contribution >= 4 is 47.6 Å². The van der Waals surface area contributed by atoms with E-state index in [1.807, 2.05) is 12.5 Å². The summed E-state index contributed by atoms with van der Waals surface area (Å²) in [4.78, 5) is 0. The highest BCUT2D eigenvalue weighted by atomic mass is 79.9. The van der Waals surface area contributed by atoms with E-state index in [2.05, 4.69) is 52.3 Å². The van der Waals surface area contributed by atoms with Gasteiger partial charge in [-0.1, -0.05) is 27.2 Å². The van der Waals surface area contributed by atoms with Crippen LogP contribution in [0.25, 0.3) is 0 Å². The van der Waals surface area contributed by atoms with Crippen LogP contribution in [-0.2, 0) is 0 Å². The number of thioether (sulfide) groups is 1. The Morgan fingerprint density at radius 1 is 1.19 bits per heavy atom. The zero-order chi connectivity index (χ0) is 12.5. The molecule has 3 rings (SSSR count). The van der Waals surface area contributed by atoms with Crippen molar-refractivity contribution in [1.82, 2.24) is 0 Å². The summed E-state index contributed by atoms with van der Waals surface area (Å²) in [6.45, 7) is 7.34. The lowest BCUT2D eigenvalue weighted by atomic mass is 9.41. The molecular formula is C12H23BBr2S. The Morgan fingerprint density at radius 3 is 2.00 bits per heavy atom. The van der Waals surface area contributed by atoms with Gasteiger partial charge in [0.1, 0.15) is 0 Å².